The Morgan fingerprint density at radius 1 is 1.17 bits per heavy atom. The molecule has 0 saturated heterocycles. The molecule has 2 heterocycles. The van der Waals surface area contributed by atoms with Crippen LogP contribution in [0.4, 0.5) is 5.69 Å². The molecule has 8 heteroatoms. The Labute approximate surface area is 166 Å². The molecule has 0 saturated carbocycles. The molecular formula is C21H19N3O5. The van der Waals surface area contributed by atoms with E-state index in [-0.39, 0.29) is 19.5 Å². The molecular weight excluding hydrogens is 374 g/mol. The topological polar surface area (TPSA) is 112 Å². The van der Waals surface area contributed by atoms with E-state index in [2.05, 4.69) is 10.3 Å². The molecule has 148 valence electrons. The quantitative estimate of drug-likeness (QED) is 0.434. The summed E-state index contributed by atoms with van der Waals surface area (Å²) < 4.78 is 5.16. The van der Waals surface area contributed by atoms with Crippen molar-refractivity contribution in [2.45, 2.75) is 12.5 Å². The van der Waals surface area contributed by atoms with Crippen LogP contribution in [-0.2, 0) is 20.8 Å². The lowest BCUT2D eigenvalue weighted by Gasteiger charge is -2.29. The Kier molecular flexibility index (Phi) is 4.90. The number of fused-ring (bicyclic) bond motifs is 2. The van der Waals surface area contributed by atoms with Crippen LogP contribution in [0.1, 0.15) is 5.56 Å². The van der Waals surface area contributed by atoms with Gasteiger partial charge in [0.15, 0.2) is 5.75 Å². The summed E-state index contributed by atoms with van der Waals surface area (Å²) in [4.78, 5) is 40.7. The first kappa shape index (κ1) is 18.5. The van der Waals surface area contributed by atoms with E-state index in [4.69, 9.17) is 4.74 Å². The molecule has 0 aliphatic carbocycles. The zero-order valence-corrected chi connectivity index (χ0v) is 15.4. The molecule has 0 fully saturated rings. The standard InChI is InChI=1S/C21H19N3O5/c25-19(11-24-12-20(26)29-18-8-4-3-7-17(18)24)23-16(21(27)28)9-13-10-22-15-6-2-1-5-14(13)15/h1-8,10,16,22H,9,11-12H2,(H,23,25)(H,27,28). The van der Waals surface area contributed by atoms with Crippen LogP contribution >= 0.6 is 0 Å². The Morgan fingerprint density at radius 2 is 1.93 bits per heavy atom. The molecule has 29 heavy (non-hydrogen) atoms. The fourth-order valence-corrected chi connectivity index (χ4v) is 3.48. The number of para-hydroxylation sites is 3. The predicted molar refractivity (Wildman–Crippen MR) is 106 cm³/mol. The summed E-state index contributed by atoms with van der Waals surface area (Å²) in [7, 11) is 0. The van der Waals surface area contributed by atoms with Gasteiger partial charge >= 0.3 is 11.9 Å². The van der Waals surface area contributed by atoms with Crippen molar-refractivity contribution in [1.29, 1.82) is 0 Å². The molecule has 8 nitrogen and oxygen atoms in total. The second kappa shape index (κ2) is 7.67. The summed E-state index contributed by atoms with van der Waals surface area (Å²) in [5, 5.41) is 13.1. The zero-order valence-electron chi connectivity index (χ0n) is 15.4. The van der Waals surface area contributed by atoms with E-state index in [0.717, 1.165) is 16.5 Å². The maximum atomic E-state index is 12.6. The summed E-state index contributed by atoms with van der Waals surface area (Å²) in [5.74, 6) is -1.70. The van der Waals surface area contributed by atoms with Crippen molar-refractivity contribution in [3.05, 3.63) is 60.3 Å². The molecule has 3 aromatic rings. The average Bonchev–Trinajstić information content (AvgIpc) is 3.10. The highest BCUT2D eigenvalue weighted by molar-refractivity contribution is 5.91. The van der Waals surface area contributed by atoms with Crippen LogP contribution in [0.3, 0.4) is 0 Å². The number of nitrogens with zero attached hydrogens (tertiary/aromatic N) is 1. The second-order valence-corrected chi connectivity index (χ2v) is 6.82. The van der Waals surface area contributed by atoms with Gasteiger partial charge in [0.1, 0.15) is 12.6 Å². The van der Waals surface area contributed by atoms with Crippen LogP contribution in [0.15, 0.2) is 54.7 Å². The second-order valence-electron chi connectivity index (χ2n) is 6.82. The normalized spacial score (nSPS) is 14.2. The lowest BCUT2D eigenvalue weighted by atomic mass is 10.0. The van der Waals surface area contributed by atoms with Gasteiger partial charge in [-0.3, -0.25) is 4.79 Å². The number of carbonyl (C=O) groups is 3. The summed E-state index contributed by atoms with van der Waals surface area (Å²) in [6.45, 7) is -0.228. The Morgan fingerprint density at radius 3 is 2.76 bits per heavy atom. The van der Waals surface area contributed by atoms with E-state index in [1.165, 1.54) is 0 Å². The number of aromatic nitrogens is 1. The van der Waals surface area contributed by atoms with E-state index < -0.39 is 23.9 Å². The van der Waals surface area contributed by atoms with Crippen molar-refractivity contribution in [3.8, 4) is 5.75 Å². The van der Waals surface area contributed by atoms with Crippen LogP contribution in [0.2, 0.25) is 0 Å². The van der Waals surface area contributed by atoms with E-state index in [1.54, 1.807) is 35.4 Å². The molecule has 1 atom stereocenters. The van der Waals surface area contributed by atoms with Crippen LogP contribution in [0.25, 0.3) is 10.9 Å². The molecule has 0 bridgehead atoms. The zero-order chi connectivity index (χ0) is 20.4. The van der Waals surface area contributed by atoms with Gasteiger partial charge in [0.05, 0.1) is 12.2 Å². The van der Waals surface area contributed by atoms with Crippen LogP contribution in [0.5, 0.6) is 5.75 Å². The average molecular weight is 393 g/mol. The van der Waals surface area contributed by atoms with Gasteiger partial charge in [-0.15, -0.1) is 0 Å². The van der Waals surface area contributed by atoms with Gasteiger partial charge in [-0.2, -0.15) is 0 Å². The smallest absolute Gasteiger partial charge is 0.331 e. The van der Waals surface area contributed by atoms with Crippen molar-refractivity contribution < 1.29 is 24.2 Å². The Bertz CT molecular complexity index is 1090. The number of esters is 1. The third-order valence-corrected chi connectivity index (χ3v) is 4.82. The van der Waals surface area contributed by atoms with Gasteiger partial charge in [0.2, 0.25) is 5.91 Å². The molecule has 1 unspecified atom stereocenters. The van der Waals surface area contributed by atoms with Crippen molar-refractivity contribution in [2.75, 3.05) is 18.0 Å². The first-order chi connectivity index (χ1) is 14.0. The van der Waals surface area contributed by atoms with Gasteiger partial charge in [0, 0.05) is 23.5 Å². The number of hydrogen-bond acceptors (Lipinski definition) is 5. The molecule has 0 spiro atoms. The lowest BCUT2D eigenvalue weighted by molar-refractivity contribution is -0.141. The number of benzene rings is 2. The van der Waals surface area contributed by atoms with Gasteiger partial charge in [0.25, 0.3) is 0 Å². The first-order valence-corrected chi connectivity index (χ1v) is 9.13. The van der Waals surface area contributed by atoms with E-state index in [9.17, 15) is 19.5 Å². The Balaban J connectivity index is 1.47. The minimum absolute atomic E-state index is 0.0788. The monoisotopic (exact) mass is 393 g/mol. The fourth-order valence-electron chi connectivity index (χ4n) is 3.48. The SMILES string of the molecule is O=C(CN1CC(=O)Oc2ccccc21)NC(Cc1c[nH]c2ccccc12)C(=O)O. The van der Waals surface area contributed by atoms with E-state index >= 15 is 0 Å². The van der Waals surface area contributed by atoms with Crippen LogP contribution < -0.4 is 15.0 Å². The third-order valence-electron chi connectivity index (χ3n) is 4.82. The molecule has 2 aromatic carbocycles. The minimum Gasteiger partial charge on any atom is -0.480 e. The maximum absolute atomic E-state index is 12.6. The van der Waals surface area contributed by atoms with Crippen molar-refractivity contribution >= 4 is 34.4 Å². The van der Waals surface area contributed by atoms with Gasteiger partial charge in [-0.25, -0.2) is 9.59 Å². The highest BCUT2D eigenvalue weighted by atomic mass is 16.5. The summed E-state index contributed by atoms with van der Waals surface area (Å²) in [5.41, 5.74) is 2.33. The third kappa shape index (κ3) is 3.91. The predicted octanol–water partition coefficient (Wildman–Crippen LogP) is 1.71. The highest BCUT2D eigenvalue weighted by Crippen LogP contribution is 2.31. The number of nitrogens with one attached hydrogen (secondary N) is 2. The lowest BCUT2D eigenvalue weighted by Crippen LogP contribution is -2.48. The largest absolute Gasteiger partial charge is 0.480 e. The molecule has 1 aliphatic heterocycles. The van der Waals surface area contributed by atoms with Crippen LogP contribution in [0, 0.1) is 0 Å². The van der Waals surface area contributed by atoms with Crippen molar-refractivity contribution in [3.63, 3.8) is 0 Å². The molecule has 1 aliphatic rings. The molecule has 1 amide bonds. The van der Waals surface area contributed by atoms with Crippen molar-refractivity contribution in [1.82, 2.24) is 10.3 Å². The number of aliphatic carboxylic acids is 1. The molecule has 0 radical (unpaired) electrons. The van der Waals surface area contributed by atoms with Crippen molar-refractivity contribution in [2.24, 2.45) is 0 Å². The van der Waals surface area contributed by atoms with Gasteiger partial charge in [-0.05, 0) is 23.8 Å². The first-order valence-electron chi connectivity index (χ1n) is 9.13. The van der Waals surface area contributed by atoms with E-state index in [0.29, 0.717) is 11.4 Å². The number of H-pyrrole nitrogens is 1. The number of carbonyl (C=O) groups excluding carboxylic acids is 2. The number of carboxylic acid groups (broad SMARTS) is 1. The fraction of sp³-hybridized carbons (Fsp3) is 0.190. The highest BCUT2D eigenvalue weighted by Gasteiger charge is 2.27. The summed E-state index contributed by atoms with van der Waals surface area (Å²) >= 11 is 0. The van der Waals surface area contributed by atoms with Gasteiger partial charge in [-0.1, -0.05) is 30.3 Å². The number of aromatic amines is 1. The number of carboxylic acids is 1. The number of rotatable bonds is 6. The molecule has 4 rings (SSSR count). The van der Waals surface area contributed by atoms with Gasteiger partial charge < -0.3 is 25.0 Å². The number of ether oxygens (including phenoxy) is 1. The van der Waals surface area contributed by atoms with E-state index in [1.807, 2.05) is 24.3 Å². The minimum atomic E-state index is -1.12. The molecule has 3 N–H and O–H groups in total. The maximum Gasteiger partial charge on any atom is 0.331 e. The Hall–Kier alpha value is -3.81. The number of anilines is 1. The number of amides is 1. The summed E-state index contributed by atoms with van der Waals surface area (Å²) in [6.07, 6.45) is 1.90. The summed E-state index contributed by atoms with van der Waals surface area (Å²) in [6, 6.07) is 13.4. The van der Waals surface area contributed by atoms with Crippen LogP contribution in [-0.4, -0.2) is 47.1 Å². The number of hydrogen-bond donors (Lipinski definition) is 3. The molecule has 1 aromatic heterocycles.